The van der Waals surface area contributed by atoms with Gasteiger partial charge in [0.2, 0.25) is 0 Å². The third-order valence-electron chi connectivity index (χ3n) is 1.52. The fourth-order valence-corrected chi connectivity index (χ4v) is 0.914. The summed E-state index contributed by atoms with van der Waals surface area (Å²) < 4.78 is 36.2. The van der Waals surface area contributed by atoms with Crippen LogP contribution in [-0.2, 0) is 12.6 Å². The number of alkyl halides is 3. The first-order chi connectivity index (χ1) is 6.04. The Morgan fingerprint density at radius 3 is 2.62 bits per heavy atom. The first-order valence-corrected chi connectivity index (χ1v) is 3.67. The molecule has 0 radical (unpaired) electrons. The summed E-state index contributed by atoms with van der Waals surface area (Å²) in [6.45, 7) is -0.165. The Kier molecular flexibility index (Phi) is 2.87. The van der Waals surface area contributed by atoms with Gasteiger partial charge in [0, 0.05) is 12.8 Å². The van der Waals surface area contributed by atoms with Gasteiger partial charge in [0.1, 0.15) is 5.69 Å². The summed E-state index contributed by atoms with van der Waals surface area (Å²) in [7, 11) is 0. The van der Waals surface area contributed by atoms with E-state index in [1.807, 2.05) is 0 Å². The van der Waals surface area contributed by atoms with E-state index in [0.29, 0.717) is 5.56 Å². The van der Waals surface area contributed by atoms with Gasteiger partial charge in [-0.05, 0) is 24.1 Å². The van der Waals surface area contributed by atoms with Crippen molar-refractivity contribution in [1.29, 1.82) is 0 Å². The molecule has 1 rings (SSSR count). The van der Waals surface area contributed by atoms with Crippen molar-refractivity contribution in [3.8, 4) is 0 Å². The summed E-state index contributed by atoms with van der Waals surface area (Å²) in [5.41, 5.74) is -0.483. The van der Waals surface area contributed by atoms with E-state index in [1.165, 1.54) is 6.07 Å². The summed E-state index contributed by atoms with van der Waals surface area (Å²) in [5.74, 6) is 0. The van der Waals surface area contributed by atoms with Crippen molar-refractivity contribution in [1.82, 2.24) is 4.98 Å². The zero-order valence-corrected chi connectivity index (χ0v) is 6.67. The Morgan fingerprint density at radius 1 is 1.38 bits per heavy atom. The summed E-state index contributed by atoms with van der Waals surface area (Å²) in [6, 6.07) is 2.39. The molecule has 13 heavy (non-hydrogen) atoms. The molecular formula is C8H8F3NO. The van der Waals surface area contributed by atoms with Crippen LogP contribution in [0, 0.1) is 0 Å². The highest BCUT2D eigenvalue weighted by Crippen LogP contribution is 2.27. The number of aliphatic hydroxyl groups is 1. The minimum absolute atomic E-state index is 0.165. The predicted octanol–water partition coefficient (Wildman–Crippen LogP) is 1.64. The number of aromatic nitrogens is 1. The molecule has 2 nitrogen and oxygen atoms in total. The average Bonchev–Trinajstić information content (AvgIpc) is 2.04. The summed E-state index contributed by atoms with van der Waals surface area (Å²) in [4.78, 5) is 3.19. The first-order valence-electron chi connectivity index (χ1n) is 3.67. The lowest BCUT2D eigenvalue weighted by molar-refractivity contribution is -0.141. The second-order valence-electron chi connectivity index (χ2n) is 2.52. The number of aliphatic hydroxyl groups excluding tert-OH is 1. The number of nitrogens with zero attached hydrogens (tertiary/aromatic N) is 1. The summed E-state index contributed by atoms with van der Waals surface area (Å²) in [6.07, 6.45) is -3.11. The zero-order valence-electron chi connectivity index (χ0n) is 6.67. The second kappa shape index (κ2) is 3.74. The molecule has 1 aromatic heterocycles. The second-order valence-corrected chi connectivity index (χ2v) is 2.52. The number of pyridine rings is 1. The SMILES string of the molecule is OCCc1ccnc(C(F)(F)F)c1. The maximum atomic E-state index is 12.1. The molecule has 72 valence electrons. The molecule has 0 saturated carbocycles. The van der Waals surface area contributed by atoms with E-state index in [4.69, 9.17) is 5.11 Å². The van der Waals surface area contributed by atoms with E-state index in [2.05, 4.69) is 4.98 Å². The molecule has 0 fully saturated rings. The maximum absolute atomic E-state index is 12.1. The molecule has 0 atom stereocenters. The van der Waals surface area contributed by atoms with Gasteiger partial charge in [0.25, 0.3) is 0 Å². The fraction of sp³-hybridized carbons (Fsp3) is 0.375. The Labute approximate surface area is 73.0 Å². The van der Waals surface area contributed by atoms with Crippen molar-refractivity contribution < 1.29 is 18.3 Å². The lowest BCUT2D eigenvalue weighted by Gasteiger charge is -2.06. The molecule has 0 aliphatic heterocycles. The van der Waals surface area contributed by atoms with Crippen molar-refractivity contribution in [2.75, 3.05) is 6.61 Å². The van der Waals surface area contributed by atoms with Gasteiger partial charge in [-0.25, -0.2) is 0 Å². The van der Waals surface area contributed by atoms with Crippen LogP contribution in [0.4, 0.5) is 13.2 Å². The monoisotopic (exact) mass is 191 g/mol. The highest BCUT2D eigenvalue weighted by Gasteiger charge is 2.32. The molecule has 0 amide bonds. The van der Waals surface area contributed by atoms with Gasteiger partial charge in [0.15, 0.2) is 0 Å². The topological polar surface area (TPSA) is 33.1 Å². The van der Waals surface area contributed by atoms with E-state index in [0.717, 1.165) is 12.3 Å². The van der Waals surface area contributed by atoms with Crippen LogP contribution < -0.4 is 0 Å². The minimum atomic E-state index is -4.41. The molecule has 5 heteroatoms. The van der Waals surface area contributed by atoms with Crippen molar-refractivity contribution in [3.05, 3.63) is 29.6 Å². The highest BCUT2D eigenvalue weighted by molar-refractivity contribution is 5.18. The Bertz CT molecular complexity index is 285. The number of halogens is 3. The largest absolute Gasteiger partial charge is 0.433 e. The van der Waals surface area contributed by atoms with Crippen LogP contribution in [0.15, 0.2) is 18.3 Å². The van der Waals surface area contributed by atoms with Gasteiger partial charge in [-0.15, -0.1) is 0 Å². The molecule has 0 bridgehead atoms. The molecule has 0 saturated heterocycles. The molecule has 1 heterocycles. The Morgan fingerprint density at radius 2 is 2.08 bits per heavy atom. The van der Waals surface area contributed by atoms with E-state index < -0.39 is 11.9 Å². The van der Waals surface area contributed by atoms with Crippen LogP contribution in [0.3, 0.4) is 0 Å². The third kappa shape index (κ3) is 2.69. The lowest BCUT2D eigenvalue weighted by Crippen LogP contribution is -2.08. The standard InChI is InChI=1S/C8H8F3NO/c9-8(10,11)7-5-6(2-4-13)1-3-12-7/h1,3,5,13H,2,4H2. The number of hydrogen-bond donors (Lipinski definition) is 1. The van der Waals surface area contributed by atoms with Gasteiger partial charge in [-0.3, -0.25) is 4.98 Å². The van der Waals surface area contributed by atoms with Gasteiger partial charge < -0.3 is 5.11 Å². The van der Waals surface area contributed by atoms with Crippen LogP contribution in [0.1, 0.15) is 11.3 Å². The summed E-state index contributed by atoms with van der Waals surface area (Å²) >= 11 is 0. The molecule has 1 N–H and O–H groups in total. The van der Waals surface area contributed by atoms with Crippen molar-refractivity contribution in [2.45, 2.75) is 12.6 Å². The molecule has 0 spiro atoms. The highest BCUT2D eigenvalue weighted by atomic mass is 19.4. The Hall–Kier alpha value is -1.10. The summed E-state index contributed by atoms with van der Waals surface area (Å²) in [5, 5.41) is 8.51. The quantitative estimate of drug-likeness (QED) is 0.770. The smallest absolute Gasteiger partial charge is 0.396 e. The van der Waals surface area contributed by atoms with E-state index in [9.17, 15) is 13.2 Å². The first kappa shape index (κ1) is 9.98. The van der Waals surface area contributed by atoms with Gasteiger partial charge in [0.05, 0.1) is 0 Å². The van der Waals surface area contributed by atoms with Crippen molar-refractivity contribution in [2.24, 2.45) is 0 Å². The molecular weight excluding hydrogens is 183 g/mol. The molecule has 0 unspecified atom stereocenters. The fourth-order valence-electron chi connectivity index (χ4n) is 0.914. The van der Waals surface area contributed by atoms with Crippen LogP contribution in [-0.4, -0.2) is 16.7 Å². The zero-order chi connectivity index (χ0) is 9.90. The predicted molar refractivity (Wildman–Crippen MR) is 40.0 cm³/mol. The third-order valence-corrected chi connectivity index (χ3v) is 1.52. The van der Waals surface area contributed by atoms with Crippen LogP contribution in [0.2, 0.25) is 0 Å². The van der Waals surface area contributed by atoms with Gasteiger partial charge in [-0.1, -0.05) is 0 Å². The van der Waals surface area contributed by atoms with E-state index in [-0.39, 0.29) is 13.0 Å². The van der Waals surface area contributed by atoms with Crippen LogP contribution >= 0.6 is 0 Å². The van der Waals surface area contributed by atoms with Crippen molar-refractivity contribution >= 4 is 0 Å². The van der Waals surface area contributed by atoms with Crippen LogP contribution in [0.5, 0.6) is 0 Å². The lowest BCUT2D eigenvalue weighted by atomic mass is 10.2. The van der Waals surface area contributed by atoms with E-state index in [1.54, 1.807) is 0 Å². The van der Waals surface area contributed by atoms with Crippen molar-refractivity contribution in [3.63, 3.8) is 0 Å². The average molecular weight is 191 g/mol. The normalized spacial score (nSPS) is 11.7. The van der Waals surface area contributed by atoms with Gasteiger partial charge in [-0.2, -0.15) is 13.2 Å². The Balaban J connectivity index is 2.92. The number of rotatable bonds is 2. The maximum Gasteiger partial charge on any atom is 0.433 e. The minimum Gasteiger partial charge on any atom is -0.396 e. The molecule has 0 aliphatic rings. The van der Waals surface area contributed by atoms with E-state index >= 15 is 0 Å². The molecule has 0 aromatic carbocycles. The molecule has 0 aliphatic carbocycles. The van der Waals surface area contributed by atoms with Gasteiger partial charge >= 0.3 is 6.18 Å². The number of hydrogen-bond acceptors (Lipinski definition) is 2. The molecule has 1 aromatic rings. The van der Waals surface area contributed by atoms with Crippen LogP contribution in [0.25, 0.3) is 0 Å².